The largest absolute Gasteiger partial charge is 0.544 e. The van der Waals surface area contributed by atoms with Crippen LogP contribution in [0.2, 0.25) is 18.1 Å². The highest BCUT2D eigenvalue weighted by Gasteiger charge is 2.39. The third kappa shape index (κ3) is 8.74. The Kier molecular flexibility index (Phi) is 12.4. The Morgan fingerprint density at radius 1 is 0.831 bits per heavy atom. The van der Waals surface area contributed by atoms with Gasteiger partial charge in [0.1, 0.15) is 17.5 Å². The van der Waals surface area contributed by atoms with E-state index in [0.717, 1.165) is 67.0 Å². The number of hydrogen-bond acceptors (Lipinski definition) is 6. The van der Waals surface area contributed by atoms with Gasteiger partial charge >= 0.3 is 6.09 Å². The summed E-state index contributed by atoms with van der Waals surface area (Å²) < 4.78 is 10.4. The van der Waals surface area contributed by atoms with Crippen molar-refractivity contribution in [2.24, 2.45) is 14.1 Å². The molecule has 3 aliphatic rings. The molecule has 0 unspecified atom stereocenters. The lowest BCUT2D eigenvalue weighted by Gasteiger charge is -2.41. The molecule has 0 bridgehead atoms. The lowest BCUT2D eigenvalue weighted by molar-refractivity contribution is 0.0566. The highest BCUT2D eigenvalue weighted by molar-refractivity contribution is 6.74. The van der Waals surface area contributed by atoms with E-state index >= 15 is 9.59 Å². The van der Waals surface area contributed by atoms with Crippen LogP contribution in [-0.2, 0) is 40.0 Å². The van der Waals surface area contributed by atoms with Gasteiger partial charge in [0, 0.05) is 80.2 Å². The summed E-state index contributed by atoms with van der Waals surface area (Å²) in [5.41, 5.74) is 9.67. The van der Waals surface area contributed by atoms with Gasteiger partial charge in [-0.05, 0) is 142 Å². The van der Waals surface area contributed by atoms with E-state index in [1.54, 1.807) is 15.5 Å². The van der Waals surface area contributed by atoms with Gasteiger partial charge in [0.05, 0.1) is 11.3 Å². The standard InChI is InChI=1S/C52H63N7O5Si/c1-34-44(50(61)59(47-28-41(30-53)54(6)35(47)2)40-17-19-43(20-18-40)64-65(8,9)52(3,4)5)29-48(55(34)7)45-26-37-21-24-57(51(62)63)31-39(37)27-46(45)49(60)58-32-38-16-12-11-15-36(38)25-42(58)33-56-22-13-10-14-23-56/h11-12,15-20,26-29,42H,10,13-14,21-25,31-33H2,1-9H3,(H,62,63)/t42-/m0/s1. The number of anilines is 2. The summed E-state index contributed by atoms with van der Waals surface area (Å²) in [5, 5.41) is 20.1. The molecule has 0 spiro atoms. The van der Waals surface area contributed by atoms with Crippen molar-refractivity contribution in [1.29, 1.82) is 5.26 Å². The first-order valence-electron chi connectivity index (χ1n) is 23.0. The number of hydrogen-bond donors (Lipinski definition) is 1. The third-order valence-electron chi connectivity index (χ3n) is 14.8. The monoisotopic (exact) mass is 893 g/mol. The fraction of sp³-hybridized carbons (Fsp3) is 0.423. The van der Waals surface area contributed by atoms with Crippen molar-refractivity contribution in [3.8, 4) is 23.1 Å². The Bertz CT molecular complexity index is 2700. The van der Waals surface area contributed by atoms with Crippen LogP contribution in [-0.4, -0.2) is 87.4 Å². The van der Waals surface area contributed by atoms with E-state index in [0.29, 0.717) is 64.7 Å². The highest BCUT2D eigenvalue weighted by atomic mass is 28.4. The van der Waals surface area contributed by atoms with Crippen molar-refractivity contribution >= 4 is 37.6 Å². The van der Waals surface area contributed by atoms with Crippen molar-refractivity contribution in [3.63, 3.8) is 0 Å². The molecule has 1 fully saturated rings. The van der Waals surface area contributed by atoms with Crippen LogP contribution < -0.4 is 9.33 Å². The number of fused-ring (bicyclic) bond motifs is 2. The lowest BCUT2D eigenvalue weighted by Crippen LogP contribution is -2.51. The van der Waals surface area contributed by atoms with Crippen LogP contribution in [0.15, 0.2) is 72.8 Å². The molecule has 1 N–H and O–H groups in total. The second kappa shape index (κ2) is 17.7. The molecule has 3 aromatic carbocycles. The van der Waals surface area contributed by atoms with Crippen molar-refractivity contribution in [2.75, 3.05) is 31.1 Å². The minimum absolute atomic E-state index is 0.000403. The topological polar surface area (TPSA) is 127 Å². The molecule has 1 atom stereocenters. The Morgan fingerprint density at radius 3 is 2.17 bits per heavy atom. The Balaban J connectivity index is 1.23. The van der Waals surface area contributed by atoms with E-state index in [1.807, 2.05) is 79.9 Å². The summed E-state index contributed by atoms with van der Waals surface area (Å²) in [5.74, 6) is 0.349. The molecule has 0 aliphatic carbocycles. The van der Waals surface area contributed by atoms with Gasteiger partial charge in [-0.3, -0.25) is 14.5 Å². The smallest absolute Gasteiger partial charge is 0.407 e. The lowest BCUT2D eigenvalue weighted by atomic mass is 9.89. The second-order valence-electron chi connectivity index (χ2n) is 19.8. The zero-order valence-corrected chi connectivity index (χ0v) is 40.5. The van der Waals surface area contributed by atoms with Crippen LogP contribution in [0.25, 0.3) is 11.3 Å². The van der Waals surface area contributed by atoms with E-state index in [-0.39, 0.29) is 29.4 Å². The summed E-state index contributed by atoms with van der Waals surface area (Å²) in [6, 6.07) is 25.9. The summed E-state index contributed by atoms with van der Waals surface area (Å²) in [6.07, 6.45) is 3.79. The first-order chi connectivity index (χ1) is 30.9. The minimum atomic E-state index is -2.14. The molecule has 1 saturated heterocycles. The maximum absolute atomic E-state index is 15.5. The number of amides is 3. The molecular weight excluding hydrogens is 831 g/mol. The van der Waals surface area contributed by atoms with Gasteiger partial charge in [0.2, 0.25) is 8.32 Å². The van der Waals surface area contributed by atoms with Crippen LogP contribution >= 0.6 is 0 Å². The molecule has 3 aliphatic heterocycles. The molecular formula is C52H63N7O5Si. The van der Waals surface area contributed by atoms with E-state index in [1.165, 1.54) is 16.9 Å². The predicted molar refractivity (Wildman–Crippen MR) is 257 cm³/mol. The molecule has 340 valence electrons. The van der Waals surface area contributed by atoms with Gasteiger partial charge in [0.25, 0.3) is 11.8 Å². The van der Waals surface area contributed by atoms with Crippen LogP contribution in [0.1, 0.15) is 100 Å². The van der Waals surface area contributed by atoms with Gasteiger partial charge in [0.15, 0.2) is 0 Å². The van der Waals surface area contributed by atoms with E-state index in [2.05, 4.69) is 69.1 Å². The summed E-state index contributed by atoms with van der Waals surface area (Å²) >= 11 is 0. The zero-order chi connectivity index (χ0) is 46.5. The van der Waals surface area contributed by atoms with Crippen molar-refractivity contribution < 1.29 is 23.9 Å². The number of rotatable bonds is 9. The number of carboxylic acid groups (broad SMARTS) is 1. The molecule has 8 rings (SSSR count). The molecule has 65 heavy (non-hydrogen) atoms. The fourth-order valence-electron chi connectivity index (χ4n) is 9.53. The van der Waals surface area contributed by atoms with Crippen molar-refractivity contribution in [3.05, 3.63) is 123 Å². The number of piperidine rings is 1. The first-order valence-corrected chi connectivity index (χ1v) is 25.9. The van der Waals surface area contributed by atoms with Gasteiger partial charge in [-0.2, -0.15) is 5.26 Å². The number of nitriles is 1. The molecule has 0 radical (unpaired) electrons. The number of aromatic nitrogens is 2. The molecule has 13 heteroatoms. The summed E-state index contributed by atoms with van der Waals surface area (Å²) in [7, 11) is 1.61. The second-order valence-corrected chi connectivity index (χ2v) is 24.5. The zero-order valence-electron chi connectivity index (χ0n) is 39.5. The van der Waals surface area contributed by atoms with E-state index in [9.17, 15) is 15.2 Å². The van der Waals surface area contributed by atoms with Gasteiger partial charge in [-0.1, -0.05) is 51.5 Å². The highest BCUT2D eigenvalue weighted by Crippen LogP contribution is 2.41. The van der Waals surface area contributed by atoms with Gasteiger partial charge in [-0.25, -0.2) is 4.79 Å². The number of likely N-dealkylation sites (tertiary alicyclic amines) is 1. The van der Waals surface area contributed by atoms with Crippen LogP contribution in [0, 0.1) is 25.2 Å². The van der Waals surface area contributed by atoms with Crippen LogP contribution in [0.5, 0.6) is 5.75 Å². The third-order valence-corrected chi connectivity index (χ3v) is 19.1. The van der Waals surface area contributed by atoms with Gasteiger partial charge < -0.3 is 33.4 Å². The van der Waals surface area contributed by atoms with E-state index in [4.69, 9.17) is 4.43 Å². The quantitative estimate of drug-likeness (QED) is 0.146. The van der Waals surface area contributed by atoms with E-state index < -0.39 is 14.4 Å². The number of carbonyl (C=O) groups excluding carboxylic acids is 2. The number of nitrogens with zero attached hydrogens (tertiary/aromatic N) is 7. The summed E-state index contributed by atoms with van der Waals surface area (Å²) in [4.78, 5) is 50.7. The van der Waals surface area contributed by atoms with Crippen molar-refractivity contribution in [2.45, 2.75) is 104 Å². The van der Waals surface area contributed by atoms with Crippen molar-refractivity contribution in [1.82, 2.24) is 23.8 Å². The molecule has 5 heterocycles. The SMILES string of the molecule is Cc1c(N(C(=O)c2cc(-c3cc4c(cc3C(=O)N3Cc5ccccc5C[C@H]3CN3CCCCC3)CN(C(=O)O)CC4)n(C)c2C)c2ccc(O[Si](C)(C)C(C)(C)C)cc2)cc(C#N)n1C. The normalized spacial score (nSPS) is 16.7. The maximum Gasteiger partial charge on any atom is 0.407 e. The molecule has 5 aromatic rings. The maximum atomic E-state index is 15.5. The number of carbonyl (C=O) groups is 3. The first kappa shape index (κ1) is 45.5. The Morgan fingerprint density at radius 2 is 1.52 bits per heavy atom. The Hall–Kier alpha value is -6.10. The summed E-state index contributed by atoms with van der Waals surface area (Å²) in [6.45, 7) is 18.7. The molecule has 0 saturated carbocycles. The molecule has 12 nitrogen and oxygen atoms in total. The fourth-order valence-corrected chi connectivity index (χ4v) is 10.6. The molecule has 3 amide bonds. The predicted octanol–water partition coefficient (Wildman–Crippen LogP) is 9.97. The Labute approximate surface area is 384 Å². The minimum Gasteiger partial charge on any atom is -0.544 e. The van der Waals surface area contributed by atoms with Gasteiger partial charge in [-0.15, -0.1) is 0 Å². The average molecular weight is 894 g/mol. The van der Waals surface area contributed by atoms with Crippen LogP contribution in [0.4, 0.5) is 16.2 Å². The average Bonchev–Trinajstić information content (AvgIpc) is 3.74. The van der Waals surface area contributed by atoms with Crippen LogP contribution in [0.3, 0.4) is 0 Å². The number of benzene rings is 3. The molecule has 2 aromatic heterocycles.